The molecule has 0 unspecified atom stereocenters. The normalized spacial score (nSPS) is 21.4. The minimum absolute atomic E-state index is 0.0359. The van der Waals surface area contributed by atoms with Crippen LogP contribution in [0.15, 0.2) is 42.5 Å². The molecule has 0 bridgehead atoms. The van der Waals surface area contributed by atoms with Gasteiger partial charge in [-0.1, -0.05) is 24.3 Å². The lowest BCUT2D eigenvalue weighted by Gasteiger charge is -2.43. The third-order valence-electron chi connectivity index (χ3n) is 7.03. The molecular formula is C27H33F3N2O3. The number of carbonyl (C=O) groups is 1. The molecule has 5 nitrogen and oxygen atoms in total. The maximum absolute atomic E-state index is 14.3. The molecule has 0 aliphatic carbocycles. The molecule has 4 rings (SSSR count). The Morgan fingerprint density at radius 3 is 2.51 bits per heavy atom. The number of ether oxygens (including phenoxy) is 1. The Hall–Kier alpha value is -2.42. The number of ketones is 1. The van der Waals surface area contributed by atoms with Crippen LogP contribution in [0.25, 0.3) is 0 Å². The Bertz CT molecular complexity index is 1020. The average molecular weight is 491 g/mol. The van der Waals surface area contributed by atoms with Gasteiger partial charge in [-0.2, -0.15) is 0 Å². The van der Waals surface area contributed by atoms with Crippen LogP contribution in [0.1, 0.15) is 46.9 Å². The van der Waals surface area contributed by atoms with E-state index < -0.39 is 25.1 Å². The summed E-state index contributed by atoms with van der Waals surface area (Å²) in [7, 11) is 0. The fourth-order valence-electron chi connectivity index (χ4n) is 5.07. The van der Waals surface area contributed by atoms with E-state index in [2.05, 4.69) is 4.90 Å². The first-order valence-electron chi connectivity index (χ1n) is 12.1. The van der Waals surface area contributed by atoms with Crippen LogP contribution in [0, 0.1) is 5.92 Å². The van der Waals surface area contributed by atoms with Crippen LogP contribution < -0.4 is 4.74 Å². The SMILES string of the molecule is CC(=O)c1ccc2c(c1)C[C@H](C)N(CC(F)(F)CO)[C@H]2c1ccc(OCCN2CC(CF)C2)cc1. The molecule has 1 saturated heterocycles. The van der Waals surface area contributed by atoms with E-state index in [-0.39, 0.29) is 24.4 Å². The van der Waals surface area contributed by atoms with Gasteiger partial charge in [0.25, 0.3) is 5.92 Å². The van der Waals surface area contributed by atoms with Crippen LogP contribution >= 0.6 is 0 Å². The van der Waals surface area contributed by atoms with Crippen LogP contribution in [0.2, 0.25) is 0 Å². The second kappa shape index (κ2) is 10.7. The maximum atomic E-state index is 14.3. The van der Waals surface area contributed by atoms with Gasteiger partial charge in [0.15, 0.2) is 5.78 Å². The largest absolute Gasteiger partial charge is 0.492 e. The van der Waals surface area contributed by atoms with E-state index in [1.807, 2.05) is 43.3 Å². The number of rotatable bonds is 10. The smallest absolute Gasteiger partial charge is 0.283 e. The van der Waals surface area contributed by atoms with E-state index in [1.165, 1.54) is 6.92 Å². The van der Waals surface area contributed by atoms with Gasteiger partial charge in [-0.15, -0.1) is 0 Å². The number of nitrogens with zero attached hydrogens (tertiary/aromatic N) is 2. The van der Waals surface area contributed by atoms with Gasteiger partial charge in [-0.3, -0.25) is 19.0 Å². The molecule has 0 amide bonds. The Kier molecular flexibility index (Phi) is 7.83. The lowest BCUT2D eigenvalue weighted by atomic mass is 9.83. The first kappa shape index (κ1) is 25.7. The predicted octanol–water partition coefficient (Wildman–Crippen LogP) is 4.13. The molecule has 2 aliphatic rings. The number of alkyl halides is 3. The summed E-state index contributed by atoms with van der Waals surface area (Å²) in [6, 6.07) is 12.2. The van der Waals surface area contributed by atoms with Gasteiger partial charge in [0.1, 0.15) is 19.0 Å². The predicted molar refractivity (Wildman–Crippen MR) is 128 cm³/mol. The fraction of sp³-hybridized carbons (Fsp3) is 0.519. The van der Waals surface area contributed by atoms with Crippen molar-refractivity contribution < 1.29 is 27.8 Å². The fourth-order valence-corrected chi connectivity index (χ4v) is 5.07. The number of aliphatic hydroxyl groups is 1. The standard InChI is InChI=1S/C27H33F3N2O3/c1-18-11-23-12-22(19(2)34)5-8-25(23)26(32(18)16-27(29,30)17-33)21-3-6-24(7-4-21)35-10-9-31-14-20(13-28)15-31/h3-8,12,18,20,26,33H,9-11,13-17H2,1-2H3/t18-,26-/m0/s1. The summed E-state index contributed by atoms with van der Waals surface area (Å²) in [6.45, 7) is 4.09. The lowest BCUT2D eigenvalue weighted by Crippen LogP contribution is -2.49. The third kappa shape index (κ3) is 5.88. The van der Waals surface area contributed by atoms with Crippen molar-refractivity contribution in [1.82, 2.24) is 9.80 Å². The molecule has 0 saturated carbocycles. The molecule has 1 fully saturated rings. The minimum atomic E-state index is -3.23. The summed E-state index contributed by atoms with van der Waals surface area (Å²) in [5.74, 6) is -2.45. The summed E-state index contributed by atoms with van der Waals surface area (Å²) in [5, 5.41) is 9.22. The Balaban J connectivity index is 1.54. The van der Waals surface area contributed by atoms with E-state index >= 15 is 0 Å². The van der Waals surface area contributed by atoms with E-state index in [0.29, 0.717) is 24.3 Å². The topological polar surface area (TPSA) is 53.0 Å². The molecule has 35 heavy (non-hydrogen) atoms. The maximum Gasteiger partial charge on any atom is 0.283 e. The third-order valence-corrected chi connectivity index (χ3v) is 7.03. The van der Waals surface area contributed by atoms with Gasteiger partial charge < -0.3 is 9.84 Å². The molecule has 1 N–H and O–H groups in total. The highest BCUT2D eigenvalue weighted by Crippen LogP contribution is 2.40. The molecule has 2 atom stereocenters. The van der Waals surface area contributed by atoms with Crippen molar-refractivity contribution in [3.63, 3.8) is 0 Å². The number of hydrogen-bond acceptors (Lipinski definition) is 5. The van der Waals surface area contributed by atoms with E-state index in [4.69, 9.17) is 4.74 Å². The number of fused-ring (bicyclic) bond motifs is 1. The second-order valence-corrected chi connectivity index (χ2v) is 9.81. The van der Waals surface area contributed by atoms with Crippen molar-refractivity contribution in [2.75, 3.05) is 46.1 Å². The van der Waals surface area contributed by atoms with Crippen molar-refractivity contribution in [3.8, 4) is 5.75 Å². The molecule has 2 aromatic rings. The van der Waals surface area contributed by atoms with Gasteiger partial charge in [0.2, 0.25) is 0 Å². The van der Waals surface area contributed by atoms with E-state index in [9.17, 15) is 23.1 Å². The summed E-state index contributed by atoms with van der Waals surface area (Å²) in [6.07, 6.45) is 0.537. The lowest BCUT2D eigenvalue weighted by molar-refractivity contribution is -0.0862. The molecule has 2 heterocycles. The highest BCUT2D eigenvalue weighted by molar-refractivity contribution is 5.94. The molecule has 190 valence electrons. The van der Waals surface area contributed by atoms with Gasteiger partial charge >= 0.3 is 0 Å². The number of halogens is 3. The van der Waals surface area contributed by atoms with Crippen molar-refractivity contribution in [2.24, 2.45) is 5.92 Å². The molecule has 2 aliphatic heterocycles. The first-order chi connectivity index (χ1) is 16.7. The van der Waals surface area contributed by atoms with Crippen LogP contribution in [0.5, 0.6) is 5.75 Å². The summed E-state index contributed by atoms with van der Waals surface area (Å²) in [4.78, 5) is 15.8. The monoisotopic (exact) mass is 490 g/mol. The zero-order valence-corrected chi connectivity index (χ0v) is 20.2. The zero-order chi connectivity index (χ0) is 25.2. The molecular weight excluding hydrogens is 457 g/mol. The van der Waals surface area contributed by atoms with Gasteiger partial charge in [0, 0.05) is 37.2 Å². The molecule has 2 aromatic carbocycles. The van der Waals surface area contributed by atoms with Crippen molar-refractivity contribution in [3.05, 3.63) is 64.7 Å². The highest BCUT2D eigenvalue weighted by atomic mass is 19.3. The van der Waals surface area contributed by atoms with Crippen molar-refractivity contribution in [2.45, 2.75) is 38.3 Å². The zero-order valence-electron chi connectivity index (χ0n) is 20.2. The quantitative estimate of drug-likeness (QED) is 0.508. The second-order valence-electron chi connectivity index (χ2n) is 9.81. The highest BCUT2D eigenvalue weighted by Gasteiger charge is 2.40. The van der Waals surface area contributed by atoms with Gasteiger partial charge in [-0.05, 0) is 55.2 Å². The Morgan fingerprint density at radius 1 is 1.17 bits per heavy atom. The van der Waals surface area contributed by atoms with Gasteiger partial charge in [0.05, 0.1) is 19.3 Å². The molecule has 0 spiro atoms. The number of Topliss-reactive ketones (excluding diaryl/α,β-unsaturated/α-hetero) is 1. The van der Waals surface area contributed by atoms with Gasteiger partial charge in [-0.25, -0.2) is 8.78 Å². The summed E-state index contributed by atoms with van der Waals surface area (Å²) >= 11 is 0. The molecule has 0 aromatic heterocycles. The van der Waals surface area contributed by atoms with E-state index in [1.54, 1.807) is 11.0 Å². The number of benzene rings is 2. The summed E-state index contributed by atoms with van der Waals surface area (Å²) < 4.78 is 47.0. The van der Waals surface area contributed by atoms with Crippen molar-refractivity contribution >= 4 is 5.78 Å². The number of aliphatic hydroxyl groups excluding tert-OH is 1. The minimum Gasteiger partial charge on any atom is -0.492 e. The Labute approximate surface area is 204 Å². The molecule has 0 radical (unpaired) electrons. The number of hydrogen-bond donors (Lipinski definition) is 1. The summed E-state index contributed by atoms with van der Waals surface area (Å²) in [5.41, 5.74) is 3.30. The van der Waals surface area contributed by atoms with Crippen LogP contribution in [0.4, 0.5) is 13.2 Å². The van der Waals surface area contributed by atoms with Crippen molar-refractivity contribution in [1.29, 1.82) is 0 Å². The Morgan fingerprint density at radius 2 is 1.89 bits per heavy atom. The average Bonchev–Trinajstić information content (AvgIpc) is 2.81. The van der Waals surface area contributed by atoms with Crippen LogP contribution in [-0.2, 0) is 6.42 Å². The van der Waals surface area contributed by atoms with Crippen LogP contribution in [0.3, 0.4) is 0 Å². The first-order valence-corrected chi connectivity index (χ1v) is 12.1. The van der Waals surface area contributed by atoms with Crippen LogP contribution in [-0.4, -0.2) is 78.7 Å². The number of carbonyl (C=O) groups excluding carboxylic acids is 1. The van der Waals surface area contributed by atoms with E-state index in [0.717, 1.165) is 36.3 Å². The molecule has 8 heteroatoms. The number of likely N-dealkylation sites (tertiary alicyclic amines) is 1.